The molecule has 0 saturated heterocycles. The number of rotatable bonds is 7. The number of hydrogen-bond donors (Lipinski definition) is 1. The molecule has 1 aromatic rings. The molecule has 0 amide bonds. The molecule has 0 saturated carbocycles. The summed E-state index contributed by atoms with van der Waals surface area (Å²) in [5.41, 5.74) is 8.75. The van der Waals surface area contributed by atoms with Gasteiger partial charge in [-0.1, -0.05) is 39.2 Å². The van der Waals surface area contributed by atoms with Gasteiger partial charge in [0.05, 0.1) is 0 Å². The number of unbranched alkanes of at least 4 members (excludes halogenated alkanes) is 1. The Hall–Kier alpha value is -0.890. The minimum absolute atomic E-state index is 0.250. The highest BCUT2D eigenvalue weighted by Gasteiger charge is 2.17. The van der Waals surface area contributed by atoms with Crippen LogP contribution in [0.3, 0.4) is 0 Å². The van der Waals surface area contributed by atoms with Crippen molar-refractivity contribution in [1.29, 1.82) is 0 Å². The summed E-state index contributed by atoms with van der Waals surface area (Å²) < 4.78 is 0. The lowest BCUT2D eigenvalue weighted by atomic mass is 9.88. The van der Waals surface area contributed by atoms with E-state index in [1.165, 1.54) is 31.2 Å². The Labute approximate surface area is 106 Å². The van der Waals surface area contributed by atoms with Gasteiger partial charge in [-0.2, -0.15) is 0 Å². The molecule has 0 fully saturated rings. The summed E-state index contributed by atoms with van der Waals surface area (Å²) in [7, 11) is 0. The second kappa shape index (κ2) is 7.44. The molecule has 2 unspecified atom stereocenters. The minimum atomic E-state index is 0.250. The number of hydrogen-bond acceptors (Lipinski definition) is 2. The number of nitrogens with zero attached hydrogens (tertiary/aromatic N) is 1. The maximum absolute atomic E-state index is 6.33. The molecule has 2 atom stereocenters. The van der Waals surface area contributed by atoms with Gasteiger partial charge in [0, 0.05) is 24.4 Å². The number of aromatic nitrogens is 1. The van der Waals surface area contributed by atoms with Crippen molar-refractivity contribution in [2.24, 2.45) is 11.7 Å². The molecule has 0 radical (unpaired) electrons. The van der Waals surface area contributed by atoms with E-state index in [2.05, 4.69) is 31.8 Å². The molecule has 0 spiro atoms. The zero-order chi connectivity index (χ0) is 12.7. The SMILES string of the molecule is CCCCC(CC)C(N)Cc1ncccc1C. The van der Waals surface area contributed by atoms with Gasteiger partial charge in [0.15, 0.2) is 0 Å². The summed E-state index contributed by atoms with van der Waals surface area (Å²) in [5, 5.41) is 0. The average molecular weight is 234 g/mol. The molecule has 2 nitrogen and oxygen atoms in total. The van der Waals surface area contributed by atoms with E-state index in [0.717, 1.165) is 12.1 Å². The van der Waals surface area contributed by atoms with Crippen molar-refractivity contribution in [3.8, 4) is 0 Å². The summed E-state index contributed by atoms with van der Waals surface area (Å²) in [4.78, 5) is 4.44. The zero-order valence-corrected chi connectivity index (χ0v) is 11.4. The molecule has 1 rings (SSSR count). The van der Waals surface area contributed by atoms with E-state index in [0.29, 0.717) is 5.92 Å². The normalized spacial score (nSPS) is 14.6. The number of pyridine rings is 1. The highest BCUT2D eigenvalue weighted by Crippen LogP contribution is 2.19. The molecule has 17 heavy (non-hydrogen) atoms. The lowest BCUT2D eigenvalue weighted by Gasteiger charge is -2.22. The first-order valence-electron chi connectivity index (χ1n) is 6.85. The van der Waals surface area contributed by atoms with Gasteiger partial charge in [-0.15, -0.1) is 0 Å². The van der Waals surface area contributed by atoms with Crippen LogP contribution in [0.15, 0.2) is 18.3 Å². The Bertz CT molecular complexity index is 322. The largest absolute Gasteiger partial charge is 0.327 e. The van der Waals surface area contributed by atoms with Crippen molar-refractivity contribution < 1.29 is 0 Å². The molecule has 0 bridgehead atoms. The molecule has 1 aromatic heterocycles. The smallest absolute Gasteiger partial charge is 0.0448 e. The highest BCUT2D eigenvalue weighted by molar-refractivity contribution is 5.18. The quantitative estimate of drug-likeness (QED) is 0.784. The van der Waals surface area contributed by atoms with Gasteiger partial charge in [0.2, 0.25) is 0 Å². The van der Waals surface area contributed by atoms with Crippen molar-refractivity contribution in [3.05, 3.63) is 29.6 Å². The van der Waals surface area contributed by atoms with E-state index in [4.69, 9.17) is 5.73 Å². The van der Waals surface area contributed by atoms with E-state index in [1.54, 1.807) is 0 Å². The first-order valence-corrected chi connectivity index (χ1v) is 6.85. The van der Waals surface area contributed by atoms with Gasteiger partial charge in [0.1, 0.15) is 0 Å². The molecule has 0 aromatic carbocycles. The van der Waals surface area contributed by atoms with Gasteiger partial charge in [0.25, 0.3) is 0 Å². The van der Waals surface area contributed by atoms with Gasteiger partial charge in [-0.3, -0.25) is 4.98 Å². The van der Waals surface area contributed by atoms with Crippen molar-refractivity contribution in [2.45, 2.75) is 58.9 Å². The minimum Gasteiger partial charge on any atom is -0.327 e. The Morgan fingerprint density at radius 3 is 2.71 bits per heavy atom. The first-order chi connectivity index (χ1) is 8.19. The maximum Gasteiger partial charge on any atom is 0.0448 e. The van der Waals surface area contributed by atoms with Crippen LogP contribution < -0.4 is 5.73 Å². The van der Waals surface area contributed by atoms with Crippen LogP contribution in [0.1, 0.15) is 50.8 Å². The first kappa shape index (κ1) is 14.2. The van der Waals surface area contributed by atoms with E-state index in [1.807, 2.05) is 12.3 Å². The van der Waals surface area contributed by atoms with Gasteiger partial charge in [-0.25, -0.2) is 0 Å². The number of nitrogens with two attached hydrogens (primary N) is 1. The monoisotopic (exact) mass is 234 g/mol. The van der Waals surface area contributed by atoms with Gasteiger partial charge >= 0.3 is 0 Å². The third kappa shape index (κ3) is 4.47. The van der Waals surface area contributed by atoms with E-state index in [9.17, 15) is 0 Å². The van der Waals surface area contributed by atoms with Crippen LogP contribution in [0.4, 0.5) is 0 Å². The van der Waals surface area contributed by atoms with Crippen LogP contribution >= 0.6 is 0 Å². The summed E-state index contributed by atoms with van der Waals surface area (Å²) in [6, 6.07) is 4.35. The summed E-state index contributed by atoms with van der Waals surface area (Å²) in [5.74, 6) is 0.636. The highest BCUT2D eigenvalue weighted by atomic mass is 14.7. The van der Waals surface area contributed by atoms with Crippen molar-refractivity contribution >= 4 is 0 Å². The van der Waals surface area contributed by atoms with Gasteiger partial charge < -0.3 is 5.73 Å². The zero-order valence-electron chi connectivity index (χ0n) is 11.4. The Morgan fingerprint density at radius 2 is 2.12 bits per heavy atom. The lowest BCUT2D eigenvalue weighted by molar-refractivity contribution is 0.366. The summed E-state index contributed by atoms with van der Waals surface area (Å²) >= 11 is 0. The van der Waals surface area contributed by atoms with Crippen LogP contribution in [-0.4, -0.2) is 11.0 Å². The van der Waals surface area contributed by atoms with Gasteiger partial charge in [-0.05, 0) is 30.9 Å². The van der Waals surface area contributed by atoms with E-state index >= 15 is 0 Å². The van der Waals surface area contributed by atoms with Crippen molar-refractivity contribution in [2.75, 3.05) is 0 Å². The summed E-state index contributed by atoms with van der Waals surface area (Å²) in [6.45, 7) is 6.59. The van der Waals surface area contributed by atoms with E-state index < -0.39 is 0 Å². The molecule has 96 valence electrons. The van der Waals surface area contributed by atoms with Crippen molar-refractivity contribution in [1.82, 2.24) is 4.98 Å². The molecule has 0 aliphatic carbocycles. The van der Waals surface area contributed by atoms with Crippen LogP contribution in [-0.2, 0) is 6.42 Å². The van der Waals surface area contributed by atoms with Crippen molar-refractivity contribution in [3.63, 3.8) is 0 Å². The fourth-order valence-electron chi connectivity index (χ4n) is 2.31. The number of aryl methyl sites for hydroxylation is 1. The molecule has 0 aliphatic rings. The maximum atomic E-state index is 6.33. The molecule has 2 N–H and O–H groups in total. The summed E-state index contributed by atoms with van der Waals surface area (Å²) in [6.07, 6.45) is 7.74. The Balaban J connectivity index is 2.57. The fourth-order valence-corrected chi connectivity index (χ4v) is 2.31. The lowest BCUT2D eigenvalue weighted by Crippen LogP contribution is -2.32. The topological polar surface area (TPSA) is 38.9 Å². The van der Waals surface area contributed by atoms with E-state index in [-0.39, 0.29) is 6.04 Å². The predicted octanol–water partition coefficient (Wildman–Crippen LogP) is 3.48. The molecular formula is C15H26N2. The fraction of sp³-hybridized carbons (Fsp3) is 0.667. The predicted molar refractivity (Wildman–Crippen MR) is 74.0 cm³/mol. The molecule has 2 heteroatoms. The molecule has 0 aliphatic heterocycles. The average Bonchev–Trinajstić information content (AvgIpc) is 2.33. The van der Waals surface area contributed by atoms with Crippen LogP contribution in [0.25, 0.3) is 0 Å². The third-order valence-corrected chi connectivity index (χ3v) is 3.61. The molecular weight excluding hydrogens is 208 g/mol. The van der Waals surface area contributed by atoms with Crippen LogP contribution in [0, 0.1) is 12.8 Å². The molecule has 1 heterocycles. The second-order valence-electron chi connectivity index (χ2n) is 4.95. The van der Waals surface area contributed by atoms with Crippen LogP contribution in [0.5, 0.6) is 0 Å². The Kier molecular flexibility index (Phi) is 6.20. The third-order valence-electron chi connectivity index (χ3n) is 3.61. The Morgan fingerprint density at radius 1 is 1.35 bits per heavy atom. The van der Waals surface area contributed by atoms with Crippen LogP contribution in [0.2, 0.25) is 0 Å². The second-order valence-corrected chi connectivity index (χ2v) is 4.95. The standard InChI is InChI=1S/C15H26N2/c1-4-6-9-13(5-2)14(16)11-15-12(3)8-7-10-17-15/h7-8,10,13-14H,4-6,9,11,16H2,1-3H3.